The summed E-state index contributed by atoms with van der Waals surface area (Å²) < 4.78 is 24.0. The van der Waals surface area contributed by atoms with Crippen LogP contribution in [0.4, 0.5) is 4.39 Å². The summed E-state index contributed by atoms with van der Waals surface area (Å²) in [5, 5.41) is 9.56. The largest absolute Gasteiger partial charge is 0.508 e. The molecular weight excluding hydrogens is 263 g/mol. The highest BCUT2D eigenvalue weighted by Gasteiger charge is 2.23. The first kappa shape index (κ1) is 12.5. The van der Waals surface area contributed by atoms with Crippen LogP contribution in [-0.4, -0.2) is 18.2 Å². The molecule has 0 radical (unpaired) electrons. The highest BCUT2D eigenvalue weighted by Crippen LogP contribution is 2.40. The molecule has 0 aliphatic carbocycles. The van der Waals surface area contributed by atoms with Gasteiger partial charge in [0.05, 0.1) is 12.7 Å². The molecular formula is C15H11FO4. The van der Waals surface area contributed by atoms with Crippen molar-refractivity contribution in [2.75, 3.05) is 7.11 Å². The Labute approximate surface area is 114 Å². The number of aromatic hydroxyl groups is 1. The van der Waals surface area contributed by atoms with Gasteiger partial charge in [0.25, 0.3) is 0 Å². The summed E-state index contributed by atoms with van der Waals surface area (Å²) in [5.41, 5.74) is 1.88. The van der Waals surface area contributed by atoms with Gasteiger partial charge in [-0.05, 0) is 35.4 Å². The first-order valence-electron chi connectivity index (χ1n) is 5.97. The van der Waals surface area contributed by atoms with Gasteiger partial charge in [-0.15, -0.1) is 0 Å². The fourth-order valence-electron chi connectivity index (χ4n) is 2.25. The van der Waals surface area contributed by atoms with Crippen LogP contribution < -0.4 is 4.74 Å². The van der Waals surface area contributed by atoms with Gasteiger partial charge in [0.1, 0.15) is 23.9 Å². The molecule has 1 heterocycles. The van der Waals surface area contributed by atoms with Gasteiger partial charge in [0.15, 0.2) is 0 Å². The fourth-order valence-corrected chi connectivity index (χ4v) is 2.25. The van der Waals surface area contributed by atoms with Gasteiger partial charge in [0, 0.05) is 5.56 Å². The molecule has 2 aromatic carbocycles. The Hall–Kier alpha value is -2.56. The monoisotopic (exact) mass is 274 g/mol. The van der Waals surface area contributed by atoms with Crippen molar-refractivity contribution < 1.29 is 23.8 Å². The van der Waals surface area contributed by atoms with E-state index in [1.165, 1.54) is 19.2 Å². The van der Waals surface area contributed by atoms with Gasteiger partial charge in [-0.1, -0.05) is 6.07 Å². The summed E-state index contributed by atoms with van der Waals surface area (Å²) in [5.74, 6) is -0.954. The third kappa shape index (κ3) is 1.87. The molecule has 4 nitrogen and oxygen atoms in total. The SMILES string of the molecule is COC(=O)c1cc2c(cc1F)-c1cc(O)ccc1CO2. The zero-order chi connectivity index (χ0) is 14.3. The highest BCUT2D eigenvalue weighted by molar-refractivity contribution is 5.92. The van der Waals surface area contributed by atoms with Crippen molar-refractivity contribution in [1.29, 1.82) is 0 Å². The summed E-state index contributed by atoms with van der Waals surface area (Å²) in [6, 6.07) is 7.36. The van der Waals surface area contributed by atoms with Gasteiger partial charge < -0.3 is 14.6 Å². The molecule has 5 heteroatoms. The van der Waals surface area contributed by atoms with Crippen LogP contribution in [0, 0.1) is 5.82 Å². The van der Waals surface area contributed by atoms with Gasteiger partial charge >= 0.3 is 5.97 Å². The second kappa shape index (κ2) is 4.52. The lowest BCUT2D eigenvalue weighted by atomic mass is 9.95. The zero-order valence-electron chi connectivity index (χ0n) is 10.6. The molecule has 0 unspecified atom stereocenters. The number of fused-ring (bicyclic) bond motifs is 3. The van der Waals surface area contributed by atoms with E-state index >= 15 is 0 Å². The maximum Gasteiger partial charge on any atom is 0.340 e. The molecule has 0 atom stereocenters. The third-order valence-electron chi connectivity index (χ3n) is 3.24. The van der Waals surface area contributed by atoms with E-state index in [4.69, 9.17) is 4.74 Å². The van der Waals surface area contributed by atoms with Gasteiger partial charge in [-0.3, -0.25) is 0 Å². The first-order chi connectivity index (χ1) is 9.60. The number of methoxy groups -OCH3 is 1. The second-order valence-electron chi connectivity index (χ2n) is 4.45. The Morgan fingerprint density at radius 1 is 1.30 bits per heavy atom. The van der Waals surface area contributed by atoms with Gasteiger partial charge in [-0.25, -0.2) is 9.18 Å². The van der Waals surface area contributed by atoms with Crippen LogP contribution in [0.2, 0.25) is 0 Å². The van der Waals surface area contributed by atoms with Crippen molar-refractivity contribution in [2.45, 2.75) is 6.61 Å². The highest BCUT2D eigenvalue weighted by atomic mass is 19.1. The predicted octanol–water partition coefficient (Wildman–Crippen LogP) is 2.88. The van der Waals surface area contributed by atoms with Crippen LogP contribution in [0.3, 0.4) is 0 Å². The molecule has 102 valence electrons. The summed E-state index contributed by atoms with van der Waals surface area (Å²) in [4.78, 5) is 11.5. The maximum absolute atomic E-state index is 14.0. The number of phenolic OH excluding ortho intramolecular Hbond substituents is 1. The Morgan fingerprint density at radius 2 is 2.10 bits per heavy atom. The van der Waals surface area contributed by atoms with Crippen molar-refractivity contribution in [3.05, 3.63) is 47.3 Å². The van der Waals surface area contributed by atoms with E-state index in [-0.39, 0.29) is 11.3 Å². The molecule has 2 aromatic rings. The normalized spacial score (nSPS) is 12.1. The van der Waals surface area contributed by atoms with Gasteiger partial charge in [-0.2, -0.15) is 0 Å². The van der Waals surface area contributed by atoms with Crippen LogP contribution in [0.5, 0.6) is 11.5 Å². The smallest absolute Gasteiger partial charge is 0.340 e. The molecule has 0 spiro atoms. The molecule has 0 saturated carbocycles. The standard InChI is InChI=1S/C15H11FO4/c1-19-15(18)12-6-14-11(5-13(12)16)10-4-9(17)3-2-8(10)7-20-14/h2-6,17H,7H2,1H3. The minimum absolute atomic E-state index is 0.0917. The number of carbonyl (C=O) groups excluding carboxylic acids is 1. The number of carbonyl (C=O) groups is 1. The van der Waals surface area contributed by atoms with Crippen LogP contribution in [-0.2, 0) is 11.3 Å². The van der Waals surface area contributed by atoms with Crippen molar-refractivity contribution in [1.82, 2.24) is 0 Å². The molecule has 0 saturated heterocycles. The molecule has 0 fully saturated rings. The molecule has 0 bridgehead atoms. The Balaban J connectivity index is 2.19. The lowest BCUT2D eigenvalue weighted by molar-refractivity contribution is 0.0595. The van der Waals surface area contributed by atoms with E-state index in [9.17, 15) is 14.3 Å². The molecule has 1 aliphatic heterocycles. The quantitative estimate of drug-likeness (QED) is 0.812. The third-order valence-corrected chi connectivity index (χ3v) is 3.24. The van der Waals surface area contributed by atoms with Crippen LogP contribution in [0.1, 0.15) is 15.9 Å². The average Bonchev–Trinajstić information content (AvgIpc) is 2.46. The second-order valence-corrected chi connectivity index (χ2v) is 4.45. The zero-order valence-corrected chi connectivity index (χ0v) is 10.6. The molecule has 3 rings (SSSR count). The number of hydrogen-bond acceptors (Lipinski definition) is 4. The lowest BCUT2D eigenvalue weighted by Crippen LogP contribution is -2.10. The number of ether oxygens (including phenoxy) is 2. The summed E-state index contributed by atoms with van der Waals surface area (Å²) >= 11 is 0. The number of halogens is 1. The van der Waals surface area contributed by atoms with Crippen molar-refractivity contribution in [3.8, 4) is 22.6 Å². The Kier molecular flexibility index (Phi) is 2.82. The van der Waals surface area contributed by atoms with Gasteiger partial charge in [0.2, 0.25) is 0 Å². The molecule has 0 aromatic heterocycles. The van der Waals surface area contributed by atoms with Crippen molar-refractivity contribution in [3.63, 3.8) is 0 Å². The number of benzene rings is 2. The van der Waals surface area contributed by atoms with E-state index in [0.717, 1.165) is 5.56 Å². The topological polar surface area (TPSA) is 55.8 Å². The summed E-state index contributed by atoms with van der Waals surface area (Å²) in [7, 11) is 1.19. The van der Waals surface area contributed by atoms with E-state index in [2.05, 4.69) is 4.74 Å². The maximum atomic E-state index is 14.0. The fraction of sp³-hybridized carbons (Fsp3) is 0.133. The van der Waals surface area contributed by atoms with E-state index in [1.54, 1.807) is 18.2 Å². The van der Waals surface area contributed by atoms with E-state index in [0.29, 0.717) is 23.5 Å². The number of esters is 1. The summed E-state index contributed by atoms with van der Waals surface area (Å²) in [6.07, 6.45) is 0. The van der Waals surface area contributed by atoms with Crippen LogP contribution >= 0.6 is 0 Å². The minimum atomic E-state index is -0.754. The molecule has 1 N–H and O–H groups in total. The Morgan fingerprint density at radius 3 is 2.85 bits per heavy atom. The van der Waals surface area contributed by atoms with E-state index < -0.39 is 11.8 Å². The van der Waals surface area contributed by atoms with E-state index in [1.807, 2.05) is 0 Å². The van der Waals surface area contributed by atoms with Crippen LogP contribution in [0.15, 0.2) is 30.3 Å². The predicted molar refractivity (Wildman–Crippen MR) is 69.2 cm³/mol. The number of phenols is 1. The van der Waals surface area contributed by atoms with Crippen molar-refractivity contribution in [2.24, 2.45) is 0 Å². The minimum Gasteiger partial charge on any atom is -0.508 e. The first-order valence-corrected chi connectivity index (χ1v) is 5.97. The number of rotatable bonds is 1. The average molecular weight is 274 g/mol. The molecule has 20 heavy (non-hydrogen) atoms. The van der Waals surface area contributed by atoms with Crippen molar-refractivity contribution >= 4 is 5.97 Å². The molecule has 1 aliphatic rings. The number of hydrogen-bond donors (Lipinski definition) is 1. The molecule has 0 amide bonds. The van der Waals surface area contributed by atoms with Crippen LogP contribution in [0.25, 0.3) is 11.1 Å². The lowest BCUT2D eigenvalue weighted by Gasteiger charge is -2.21. The Bertz CT molecular complexity index is 709. The summed E-state index contributed by atoms with van der Waals surface area (Å²) in [6.45, 7) is 0.300.